The molecule has 0 aromatic carbocycles. The van der Waals surface area contributed by atoms with Crippen LogP contribution >= 0.6 is 11.6 Å². The van der Waals surface area contributed by atoms with Gasteiger partial charge in [0, 0.05) is 12.7 Å². The summed E-state index contributed by atoms with van der Waals surface area (Å²) in [6, 6.07) is 3.55. The molecule has 0 unspecified atom stereocenters. The lowest BCUT2D eigenvalue weighted by Crippen LogP contribution is -2.31. The van der Waals surface area contributed by atoms with Crippen molar-refractivity contribution in [1.82, 2.24) is 4.98 Å². The van der Waals surface area contributed by atoms with Crippen molar-refractivity contribution in [1.29, 1.82) is 0 Å². The number of carbonyl (C=O) groups excluding carboxylic acids is 1. The molecule has 1 rings (SSSR count). The number of ether oxygens (including phenoxy) is 1. The van der Waals surface area contributed by atoms with E-state index in [1.165, 1.54) is 7.11 Å². The fraction of sp³-hybridized carbons (Fsp3) is 0.455. The Morgan fingerprint density at radius 3 is 2.81 bits per heavy atom. The second-order valence-corrected chi connectivity index (χ2v) is 3.77. The van der Waals surface area contributed by atoms with Crippen molar-refractivity contribution in [3.63, 3.8) is 0 Å². The van der Waals surface area contributed by atoms with E-state index in [-0.39, 0.29) is 12.5 Å². The Balaban J connectivity index is 2.76. The number of rotatable bonds is 5. The van der Waals surface area contributed by atoms with Crippen LogP contribution < -0.4 is 4.90 Å². The molecule has 0 aliphatic carbocycles. The fourth-order valence-corrected chi connectivity index (χ4v) is 1.43. The molecule has 0 amide bonds. The number of halogens is 1. The number of pyridine rings is 1. The second-order valence-electron chi connectivity index (χ2n) is 3.33. The smallest absolute Gasteiger partial charge is 0.325 e. The Morgan fingerprint density at radius 1 is 1.56 bits per heavy atom. The summed E-state index contributed by atoms with van der Waals surface area (Å²) in [4.78, 5) is 17.3. The molecule has 0 atom stereocenters. The Labute approximate surface area is 100 Å². The Morgan fingerprint density at radius 2 is 2.31 bits per heavy atom. The number of aromatic nitrogens is 1. The zero-order valence-corrected chi connectivity index (χ0v) is 10.2. The van der Waals surface area contributed by atoms with Gasteiger partial charge in [-0.1, -0.05) is 18.5 Å². The molecule has 0 saturated carbocycles. The zero-order chi connectivity index (χ0) is 12.0. The van der Waals surface area contributed by atoms with Crippen molar-refractivity contribution < 1.29 is 9.53 Å². The molecule has 88 valence electrons. The van der Waals surface area contributed by atoms with E-state index in [0.29, 0.717) is 5.02 Å². The van der Waals surface area contributed by atoms with Crippen molar-refractivity contribution in [2.24, 2.45) is 0 Å². The maximum atomic E-state index is 11.2. The lowest BCUT2D eigenvalue weighted by molar-refractivity contribution is -0.138. The summed E-state index contributed by atoms with van der Waals surface area (Å²) in [6.45, 7) is 3.00. The van der Waals surface area contributed by atoms with Gasteiger partial charge in [0.2, 0.25) is 0 Å². The maximum Gasteiger partial charge on any atom is 0.325 e. The lowest BCUT2D eigenvalue weighted by atomic mass is 10.3. The van der Waals surface area contributed by atoms with Crippen molar-refractivity contribution in [2.75, 3.05) is 25.1 Å². The van der Waals surface area contributed by atoms with Crippen molar-refractivity contribution in [2.45, 2.75) is 13.3 Å². The van der Waals surface area contributed by atoms with Gasteiger partial charge in [-0.05, 0) is 18.6 Å². The molecule has 0 fully saturated rings. The third-order valence-corrected chi connectivity index (χ3v) is 2.30. The van der Waals surface area contributed by atoms with Gasteiger partial charge < -0.3 is 9.64 Å². The molecule has 0 saturated heterocycles. The van der Waals surface area contributed by atoms with Gasteiger partial charge in [-0.3, -0.25) is 4.79 Å². The van der Waals surface area contributed by atoms with E-state index in [0.717, 1.165) is 18.8 Å². The molecule has 0 bridgehead atoms. The van der Waals surface area contributed by atoms with Crippen LogP contribution in [0.2, 0.25) is 5.02 Å². The van der Waals surface area contributed by atoms with Gasteiger partial charge in [0.05, 0.1) is 12.1 Å². The third kappa shape index (κ3) is 3.70. The number of carbonyl (C=O) groups is 1. The van der Waals surface area contributed by atoms with Gasteiger partial charge >= 0.3 is 5.97 Å². The van der Waals surface area contributed by atoms with E-state index in [2.05, 4.69) is 9.72 Å². The largest absolute Gasteiger partial charge is 0.468 e. The molecular weight excluding hydrogens is 228 g/mol. The van der Waals surface area contributed by atoms with E-state index in [9.17, 15) is 4.79 Å². The predicted molar refractivity (Wildman–Crippen MR) is 63.8 cm³/mol. The number of esters is 1. The maximum absolute atomic E-state index is 11.2. The zero-order valence-electron chi connectivity index (χ0n) is 9.44. The van der Waals surface area contributed by atoms with Gasteiger partial charge in [-0.15, -0.1) is 0 Å². The van der Waals surface area contributed by atoms with Crippen LogP contribution in [0, 0.1) is 0 Å². The van der Waals surface area contributed by atoms with Crippen molar-refractivity contribution in [3.8, 4) is 0 Å². The first-order chi connectivity index (χ1) is 7.67. The number of nitrogens with zero attached hydrogens (tertiary/aromatic N) is 2. The van der Waals surface area contributed by atoms with Crippen molar-refractivity contribution in [3.05, 3.63) is 23.4 Å². The number of anilines is 1. The highest BCUT2D eigenvalue weighted by Gasteiger charge is 2.11. The fourth-order valence-electron chi connectivity index (χ4n) is 1.32. The number of hydrogen-bond donors (Lipinski definition) is 0. The highest BCUT2D eigenvalue weighted by atomic mass is 35.5. The summed E-state index contributed by atoms with van der Waals surface area (Å²) in [6.07, 6.45) is 2.50. The highest BCUT2D eigenvalue weighted by Crippen LogP contribution is 2.14. The van der Waals surface area contributed by atoms with E-state index in [1.54, 1.807) is 18.3 Å². The molecular formula is C11H15ClN2O2. The third-order valence-electron chi connectivity index (χ3n) is 2.08. The number of hydrogen-bond acceptors (Lipinski definition) is 4. The van der Waals surface area contributed by atoms with Crippen LogP contribution in [-0.2, 0) is 9.53 Å². The van der Waals surface area contributed by atoms with E-state index < -0.39 is 0 Å². The van der Waals surface area contributed by atoms with E-state index >= 15 is 0 Å². The summed E-state index contributed by atoms with van der Waals surface area (Å²) in [7, 11) is 1.38. The summed E-state index contributed by atoms with van der Waals surface area (Å²) in [5, 5.41) is 0.582. The van der Waals surface area contributed by atoms with Gasteiger partial charge in [-0.25, -0.2) is 4.98 Å². The normalized spacial score (nSPS) is 9.94. The highest BCUT2D eigenvalue weighted by molar-refractivity contribution is 6.30. The standard InChI is InChI=1S/C11H15ClN2O2/c1-3-6-14(8-11(15)16-2)10-5-4-9(12)7-13-10/h4-5,7H,3,6,8H2,1-2H3. The first kappa shape index (κ1) is 12.8. The van der Waals surface area contributed by atoms with E-state index in [4.69, 9.17) is 11.6 Å². The lowest BCUT2D eigenvalue weighted by Gasteiger charge is -2.21. The predicted octanol–water partition coefficient (Wildman–Crippen LogP) is 2.12. The van der Waals surface area contributed by atoms with Crippen LogP contribution in [0.15, 0.2) is 18.3 Å². The second kappa shape index (κ2) is 6.33. The van der Waals surface area contributed by atoms with Gasteiger partial charge in [-0.2, -0.15) is 0 Å². The Hall–Kier alpha value is -1.29. The molecule has 1 aromatic rings. The SMILES string of the molecule is CCCN(CC(=O)OC)c1ccc(Cl)cn1. The van der Waals surface area contributed by atoms with E-state index in [1.807, 2.05) is 11.8 Å². The first-order valence-electron chi connectivity index (χ1n) is 5.10. The molecule has 0 radical (unpaired) electrons. The van der Waals surface area contributed by atoms with Crippen LogP contribution in [0.25, 0.3) is 0 Å². The number of methoxy groups -OCH3 is 1. The molecule has 16 heavy (non-hydrogen) atoms. The molecule has 1 heterocycles. The average molecular weight is 243 g/mol. The molecule has 0 aliphatic heterocycles. The minimum atomic E-state index is -0.273. The minimum Gasteiger partial charge on any atom is -0.468 e. The van der Waals surface area contributed by atoms with Gasteiger partial charge in [0.1, 0.15) is 12.4 Å². The summed E-state index contributed by atoms with van der Waals surface area (Å²) in [5.74, 6) is 0.460. The van der Waals surface area contributed by atoms with Crippen LogP contribution in [0.5, 0.6) is 0 Å². The quantitative estimate of drug-likeness (QED) is 0.742. The van der Waals surface area contributed by atoms with Gasteiger partial charge in [0.15, 0.2) is 0 Å². The summed E-state index contributed by atoms with van der Waals surface area (Å²) >= 11 is 5.75. The van der Waals surface area contributed by atoms with Crippen LogP contribution in [0.4, 0.5) is 5.82 Å². The Kier molecular flexibility index (Phi) is 5.05. The average Bonchev–Trinajstić information content (AvgIpc) is 2.29. The monoisotopic (exact) mass is 242 g/mol. The molecule has 0 aliphatic rings. The summed E-state index contributed by atoms with van der Waals surface area (Å²) < 4.78 is 4.64. The molecule has 1 aromatic heterocycles. The molecule has 0 spiro atoms. The minimum absolute atomic E-state index is 0.207. The summed E-state index contributed by atoms with van der Waals surface area (Å²) in [5.41, 5.74) is 0. The first-order valence-corrected chi connectivity index (χ1v) is 5.48. The van der Waals surface area contributed by atoms with Crippen LogP contribution in [0.3, 0.4) is 0 Å². The van der Waals surface area contributed by atoms with Crippen LogP contribution in [0.1, 0.15) is 13.3 Å². The van der Waals surface area contributed by atoms with Crippen LogP contribution in [-0.4, -0.2) is 31.2 Å². The van der Waals surface area contributed by atoms with Crippen molar-refractivity contribution >= 4 is 23.4 Å². The van der Waals surface area contributed by atoms with Gasteiger partial charge in [0.25, 0.3) is 0 Å². The topological polar surface area (TPSA) is 42.4 Å². The Bertz CT molecular complexity index is 340. The molecule has 4 nitrogen and oxygen atoms in total. The molecule has 0 N–H and O–H groups in total. The molecule has 5 heteroatoms.